The second-order valence-corrected chi connectivity index (χ2v) is 10.1. The van der Waals surface area contributed by atoms with Crippen LogP contribution in [0.4, 0.5) is 11.4 Å². The number of thioether (sulfide) groups is 1. The quantitative estimate of drug-likeness (QED) is 0.332. The van der Waals surface area contributed by atoms with Crippen LogP contribution in [-0.4, -0.2) is 40.0 Å². The molecule has 176 valence electrons. The number of nitrogens with one attached hydrogen (secondary N) is 1. The summed E-state index contributed by atoms with van der Waals surface area (Å²) in [4.78, 5) is 42.9. The Bertz CT molecular complexity index is 1220. The van der Waals surface area contributed by atoms with Gasteiger partial charge >= 0.3 is 0 Å². The van der Waals surface area contributed by atoms with Gasteiger partial charge < -0.3 is 5.32 Å². The molecule has 2 aromatic carbocycles. The third-order valence-corrected chi connectivity index (χ3v) is 7.53. The van der Waals surface area contributed by atoms with Gasteiger partial charge in [-0.3, -0.25) is 24.2 Å². The summed E-state index contributed by atoms with van der Waals surface area (Å²) in [5, 5.41) is 2.87. The summed E-state index contributed by atoms with van der Waals surface area (Å²) in [7, 11) is 0. The van der Waals surface area contributed by atoms with Crippen molar-refractivity contribution in [1.29, 1.82) is 0 Å². The number of rotatable bonds is 7. The lowest BCUT2D eigenvalue weighted by Gasteiger charge is -2.17. The molecule has 0 atom stereocenters. The number of anilines is 2. The zero-order valence-electron chi connectivity index (χ0n) is 19.5. The van der Waals surface area contributed by atoms with E-state index in [1.54, 1.807) is 11.0 Å². The van der Waals surface area contributed by atoms with Crippen molar-refractivity contribution in [3.05, 3.63) is 64.1 Å². The molecule has 3 amide bonds. The van der Waals surface area contributed by atoms with Crippen LogP contribution in [0.15, 0.2) is 47.4 Å². The maximum absolute atomic E-state index is 13.5. The Hall–Kier alpha value is -2.97. The number of hydrogen-bond donors (Lipinski definition) is 1. The maximum atomic E-state index is 13.5. The molecular weight excluding hydrogens is 466 g/mol. The Labute approximate surface area is 209 Å². The van der Waals surface area contributed by atoms with Gasteiger partial charge in [0.15, 0.2) is 0 Å². The molecule has 1 N–H and O–H groups in total. The van der Waals surface area contributed by atoms with Crippen LogP contribution in [0.1, 0.15) is 42.9 Å². The molecule has 0 radical (unpaired) electrons. The molecule has 1 fully saturated rings. The molecule has 6 nitrogen and oxygen atoms in total. The van der Waals surface area contributed by atoms with Crippen molar-refractivity contribution in [3.8, 4) is 0 Å². The first-order valence-electron chi connectivity index (χ1n) is 11.4. The standard InChI is InChI=1S/C26H27N3O3S2/c1-4-5-8-13-28-25(32)23(34-26(28)33)22-19-9-6-7-10-20(19)29(24(22)31)15-21(30)27-18-12-11-16(2)17(3)14-18/h6-7,9-12,14H,4-5,8,13,15H2,1-3H3,(H,27,30). The van der Waals surface area contributed by atoms with E-state index in [9.17, 15) is 14.4 Å². The monoisotopic (exact) mass is 493 g/mol. The number of benzene rings is 2. The molecule has 0 bridgehead atoms. The topological polar surface area (TPSA) is 69.7 Å². The van der Waals surface area contributed by atoms with E-state index in [1.807, 2.05) is 50.2 Å². The minimum absolute atomic E-state index is 0.150. The molecule has 2 aliphatic rings. The summed E-state index contributed by atoms with van der Waals surface area (Å²) in [6.07, 6.45) is 2.91. The minimum atomic E-state index is -0.356. The Morgan fingerprint density at radius 1 is 1.00 bits per heavy atom. The lowest BCUT2D eigenvalue weighted by atomic mass is 10.1. The minimum Gasteiger partial charge on any atom is -0.325 e. The summed E-state index contributed by atoms with van der Waals surface area (Å²) >= 11 is 6.62. The van der Waals surface area contributed by atoms with Crippen LogP contribution < -0.4 is 10.2 Å². The van der Waals surface area contributed by atoms with Crippen LogP contribution in [0.25, 0.3) is 5.57 Å². The van der Waals surface area contributed by atoms with Crippen molar-refractivity contribution >= 4 is 63.0 Å². The number of nitrogens with zero attached hydrogens (tertiary/aromatic N) is 2. The number of amides is 3. The van der Waals surface area contributed by atoms with Crippen molar-refractivity contribution in [2.24, 2.45) is 0 Å². The van der Waals surface area contributed by atoms with Crippen molar-refractivity contribution in [3.63, 3.8) is 0 Å². The van der Waals surface area contributed by atoms with E-state index in [0.717, 1.165) is 30.4 Å². The molecule has 0 saturated carbocycles. The highest BCUT2D eigenvalue weighted by Gasteiger charge is 2.42. The Balaban J connectivity index is 1.59. The van der Waals surface area contributed by atoms with Gasteiger partial charge in [-0.15, -0.1) is 0 Å². The van der Waals surface area contributed by atoms with Crippen LogP contribution in [0.5, 0.6) is 0 Å². The van der Waals surface area contributed by atoms with Crippen LogP contribution in [0.3, 0.4) is 0 Å². The maximum Gasteiger partial charge on any atom is 0.267 e. The first kappa shape index (κ1) is 24.2. The fourth-order valence-electron chi connectivity index (χ4n) is 4.08. The van der Waals surface area contributed by atoms with Crippen molar-refractivity contribution in [2.45, 2.75) is 40.0 Å². The molecule has 4 rings (SSSR count). The molecule has 1 saturated heterocycles. The van der Waals surface area contributed by atoms with E-state index in [2.05, 4.69) is 12.2 Å². The lowest BCUT2D eigenvalue weighted by Crippen LogP contribution is -2.35. The van der Waals surface area contributed by atoms with Gasteiger partial charge in [-0.05, 0) is 49.6 Å². The molecule has 0 unspecified atom stereocenters. The van der Waals surface area contributed by atoms with Gasteiger partial charge in [-0.2, -0.15) is 0 Å². The number of unbranched alkanes of at least 4 members (excludes halogenated alkanes) is 2. The van der Waals surface area contributed by atoms with Crippen LogP contribution in [0, 0.1) is 13.8 Å². The first-order valence-corrected chi connectivity index (χ1v) is 12.6. The largest absolute Gasteiger partial charge is 0.325 e. The first-order chi connectivity index (χ1) is 16.3. The number of hydrogen-bond acceptors (Lipinski definition) is 5. The van der Waals surface area contributed by atoms with E-state index >= 15 is 0 Å². The second kappa shape index (κ2) is 10.1. The summed E-state index contributed by atoms with van der Waals surface area (Å²) in [6.45, 7) is 6.49. The summed E-state index contributed by atoms with van der Waals surface area (Å²) in [5.41, 5.74) is 4.49. The van der Waals surface area contributed by atoms with Gasteiger partial charge in [0, 0.05) is 17.8 Å². The van der Waals surface area contributed by atoms with Crippen LogP contribution in [0.2, 0.25) is 0 Å². The second-order valence-electron chi connectivity index (χ2n) is 8.49. The van der Waals surface area contributed by atoms with Gasteiger partial charge in [0.1, 0.15) is 10.9 Å². The average molecular weight is 494 g/mol. The SMILES string of the molecule is CCCCCN1C(=O)C(=C2C(=O)N(CC(=O)Nc3ccc(C)c(C)c3)c3ccccc32)SC1=S. The van der Waals surface area contributed by atoms with Gasteiger partial charge in [-0.25, -0.2) is 0 Å². The highest BCUT2D eigenvalue weighted by atomic mass is 32.2. The molecule has 2 aromatic rings. The number of fused-ring (bicyclic) bond motifs is 1. The highest BCUT2D eigenvalue weighted by Crippen LogP contribution is 2.44. The van der Waals surface area contributed by atoms with Crippen molar-refractivity contribution < 1.29 is 14.4 Å². The number of aryl methyl sites for hydroxylation is 2. The molecule has 0 aliphatic carbocycles. The molecule has 0 spiro atoms. The zero-order chi connectivity index (χ0) is 24.4. The van der Waals surface area contributed by atoms with Crippen LogP contribution in [-0.2, 0) is 14.4 Å². The van der Waals surface area contributed by atoms with E-state index in [4.69, 9.17) is 12.2 Å². The summed E-state index contributed by atoms with van der Waals surface area (Å²) in [5.74, 6) is -0.893. The van der Waals surface area contributed by atoms with E-state index in [1.165, 1.54) is 16.7 Å². The molecule has 34 heavy (non-hydrogen) atoms. The molecule has 2 aliphatic heterocycles. The summed E-state index contributed by atoms with van der Waals surface area (Å²) < 4.78 is 0.472. The highest BCUT2D eigenvalue weighted by molar-refractivity contribution is 8.26. The smallest absolute Gasteiger partial charge is 0.267 e. The zero-order valence-corrected chi connectivity index (χ0v) is 21.1. The van der Waals surface area contributed by atoms with E-state index in [-0.39, 0.29) is 24.3 Å². The fourth-order valence-corrected chi connectivity index (χ4v) is 5.46. The van der Waals surface area contributed by atoms with E-state index in [0.29, 0.717) is 38.3 Å². The van der Waals surface area contributed by atoms with Gasteiger partial charge in [0.2, 0.25) is 5.91 Å². The number of para-hydroxylation sites is 1. The third kappa shape index (κ3) is 4.65. The van der Waals surface area contributed by atoms with Gasteiger partial charge in [0.05, 0.1) is 16.2 Å². The third-order valence-electron chi connectivity index (χ3n) is 6.08. The van der Waals surface area contributed by atoms with Gasteiger partial charge in [0.25, 0.3) is 11.8 Å². The number of thiocarbonyl (C=S) groups is 1. The predicted molar refractivity (Wildman–Crippen MR) is 142 cm³/mol. The molecular formula is C26H27N3O3S2. The summed E-state index contributed by atoms with van der Waals surface area (Å²) in [6, 6.07) is 12.9. The molecule has 0 aromatic heterocycles. The Morgan fingerprint density at radius 3 is 2.50 bits per heavy atom. The predicted octanol–water partition coefficient (Wildman–Crippen LogP) is 5.05. The van der Waals surface area contributed by atoms with Crippen molar-refractivity contribution in [2.75, 3.05) is 23.3 Å². The normalized spacial score (nSPS) is 17.6. The van der Waals surface area contributed by atoms with Crippen LogP contribution >= 0.6 is 24.0 Å². The molecule has 8 heteroatoms. The Morgan fingerprint density at radius 2 is 1.76 bits per heavy atom. The number of carbonyl (C=O) groups is 3. The van der Waals surface area contributed by atoms with E-state index < -0.39 is 0 Å². The van der Waals surface area contributed by atoms with Crippen molar-refractivity contribution in [1.82, 2.24) is 4.90 Å². The van der Waals surface area contributed by atoms with Gasteiger partial charge in [-0.1, -0.05) is 68.0 Å². The average Bonchev–Trinajstić information content (AvgIpc) is 3.24. The fraction of sp³-hybridized carbons (Fsp3) is 0.308. The Kier molecular flexibility index (Phi) is 7.19. The lowest BCUT2D eigenvalue weighted by molar-refractivity contribution is -0.122. The molecule has 2 heterocycles. The number of carbonyl (C=O) groups excluding carboxylic acids is 3.